The van der Waals surface area contributed by atoms with Gasteiger partial charge in [-0.3, -0.25) is 4.79 Å². The van der Waals surface area contributed by atoms with Gasteiger partial charge in [0.1, 0.15) is 21.4 Å². The summed E-state index contributed by atoms with van der Waals surface area (Å²) in [5.74, 6) is 2.67. The Labute approximate surface area is 248 Å². The summed E-state index contributed by atoms with van der Waals surface area (Å²) in [5.41, 5.74) is 0.248. The van der Waals surface area contributed by atoms with Gasteiger partial charge in [-0.1, -0.05) is 6.07 Å². The summed E-state index contributed by atoms with van der Waals surface area (Å²) in [6, 6.07) is 9.85. The van der Waals surface area contributed by atoms with Crippen LogP contribution in [-0.2, 0) is 14.6 Å². The molecule has 5 rings (SSSR count). The highest BCUT2D eigenvalue weighted by molar-refractivity contribution is 7.90. The summed E-state index contributed by atoms with van der Waals surface area (Å²) < 4.78 is 30.7. The summed E-state index contributed by atoms with van der Waals surface area (Å²) in [4.78, 5) is 24.4. The molecule has 0 spiro atoms. The molecule has 42 heavy (non-hydrogen) atoms. The molecule has 1 aromatic carbocycles. The van der Waals surface area contributed by atoms with Crippen molar-refractivity contribution in [3.8, 4) is 11.6 Å². The van der Waals surface area contributed by atoms with E-state index in [1.807, 2.05) is 59.8 Å². The van der Waals surface area contributed by atoms with Gasteiger partial charge in [0.05, 0.1) is 23.5 Å². The average molecular weight is 598 g/mol. The van der Waals surface area contributed by atoms with Crippen molar-refractivity contribution in [2.24, 2.45) is 11.8 Å². The molecule has 2 fully saturated rings. The summed E-state index contributed by atoms with van der Waals surface area (Å²) in [5, 5.41) is 14.7. The molecular weight excluding hydrogens is 554 g/mol. The van der Waals surface area contributed by atoms with E-state index >= 15 is 0 Å². The first-order chi connectivity index (χ1) is 20.0. The molecule has 3 aromatic rings. The molecule has 228 valence electrons. The minimum Gasteiger partial charge on any atom is -0.493 e. The maximum Gasteiger partial charge on any atom is 0.225 e. The number of rotatable bonds is 10. The Bertz CT molecular complexity index is 1480. The van der Waals surface area contributed by atoms with E-state index in [0.717, 1.165) is 68.3 Å². The zero-order chi connectivity index (χ0) is 29.9. The van der Waals surface area contributed by atoms with Gasteiger partial charge in [0.2, 0.25) is 11.9 Å². The number of piperidine rings is 1. The Morgan fingerprint density at radius 1 is 1.10 bits per heavy atom. The minimum atomic E-state index is -3.01. The van der Waals surface area contributed by atoms with Crippen LogP contribution in [0.4, 0.5) is 5.95 Å². The van der Waals surface area contributed by atoms with Crippen LogP contribution in [0, 0.1) is 11.8 Å². The topological polar surface area (TPSA) is 127 Å². The van der Waals surface area contributed by atoms with E-state index in [-0.39, 0.29) is 29.5 Å². The van der Waals surface area contributed by atoms with Gasteiger partial charge in [0.25, 0.3) is 0 Å². The van der Waals surface area contributed by atoms with Crippen LogP contribution in [-0.4, -0.2) is 82.2 Å². The highest BCUT2D eigenvalue weighted by Crippen LogP contribution is 2.32. The molecule has 1 aliphatic carbocycles. The number of ether oxygens (including phenoxy) is 1. The van der Waals surface area contributed by atoms with E-state index < -0.39 is 15.4 Å². The van der Waals surface area contributed by atoms with E-state index in [9.17, 15) is 18.3 Å². The van der Waals surface area contributed by atoms with Gasteiger partial charge in [-0.05, 0) is 89.0 Å². The average Bonchev–Trinajstić information content (AvgIpc) is 3.40. The SMILES string of the molecule is CC(C)(O)C1CCN(C(=O)C2CCC(Nc3nccc(-n4ccc5c(OCCCS(C)(=O)=O)cccc54)n3)CC2)CC1. The van der Waals surface area contributed by atoms with Crippen LogP contribution in [0.3, 0.4) is 0 Å². The number of hydrogen-bond acceptors (Lipinski definition) is 8. The third kappa shape index (κ3) is 7.42. The first-order valence-corrected chi connectivity index (χ1v) is 17.1. The van der Waals surface area contributed by atoms with E-state index in [4.69, 9.17) is 9.72 Å². The Hall–Kier alpha value is -3.18. The number of fused-ring (bicyclic) bond motifs is 1. The lowest BCUT2D eigenvalue weighted by atomic mass is 9.81. The van der Waals surface area contributed by atoms with E-state index in [0.29, 0.717) is 24.7 Å². The van der Waals surface area contributed by atoms with Crippen LogP contribution < -0.4 is 10.1 Å². The number of nitrogens with one attached hydrogen (secondary N) is 1. The summed E-state index contributed by atoms with van der Waals surface area (Å²) in [6.45, 7) is 5.52. The number of likely N-dealkylation sites (tertiary alicyclic amines) is 1. The largest absolute Gasteiger partial charge is 0.493 e. The molecule has 3 heterocycles. The third-order valence-electron chi connectivity index (χ3n) is 8.71. The molecule has 2 aromatic heterocycles. The molecule has 2 N–H and O–H groups in total. The maximum atomic E-state index is 13.2. The van der Waals surface area contributed by atoms with E-state index in [1.54, 1.807) is 6.20 Å². The molecule has 0 radical (unpaired) electrons. The normalized spacial score (nSPS) is 20.5. The number of amides is 1. The van der Waals surface area contributed by atoms with Crippen LogP contribution >= 0.6 is 0 Å². The molecule has 2 aliphatic rings. The Morgan fingerprint density at radius 2 is 1.83 bits per heavy atom. The number of hydrogen-bond donors (Lipinski definition) is 2. The number of carbonyl (C=O) groups excluding carboxylic acids is 1. The highest BCUT2D eigenvalue weighted by atomic mass is 32.2. The third-order valence-corrected chi connectivity index (χ3v) is 9.74. The Balaban J connectivity index is 1.16. The number of carbonyl (C=O) groups is 1. The fourth-order valence-electron chi connectivity index (χ4n) is 6.25. The molecule has 1 saturated carbocycles. The molecule has 0 bridgehead atoms. The second kappa shape index (κ2) is 12.6. The van der Waals surface area contributed by atoms with E-state index in [1.165, 1.54) is 6.26 Å². The zero-order valence-corrected chi connectivity index (χ0v) is 25.6. The Morgan fingerprint density at radius 3 is 2.52 bits per heavy atom. The van der Waals surface area contributed by atoms with Gasteiger partial charge >= 0.3 is 0 Å². The van der Waals surface area contributed by atoms with Crippen LogP contribution in [0.2, 0.25) is 0 Å². The zero-order valence-electron chi connectivity index (χ0n) is 24.8. The molecule has 10 nitrogen and oxygen atoms in total. The summed E-state index contributed by atoms with van der Waals surface area (Å²) >= 11 is 0. The number of benzene rings is 1. The molecule has 1 aliphatic heterocycles. The van der Waals surface area contributed by atoms with Crippen molar-refractivity contribution < 1.29 is 23.1 Å². The standard InChI is InChI=1S/C31H43N5O5S/c1-31(2,38)23-13-17-35(18-14-23)29(37)22-8-10-24(11-9-22)33-30-32-16-12-28(34-30)36-19-15-25-26(36)6-4-7-27(25)41-20-5-21-42(3,39)40/h4,6-7,12,15-16,19,22-24,38H,5,8-11,13-14,17-18,20-21H2,1-3H3,(H,32,33,34). The molecule has 1 saturated heterocycles. The fourth-order valence-corrected chi connectivity index (χ4v) is 6.90. The van der Waals surface area contributed by atoms with Crippen LogP contribution in [0.15, 0.2) is 42.7 Å². The van der Waals surface area contributed by atoms with Crippen molar-refractivity contribution in [3.05, 3.63) is 42.7 Å². The number of aliphatic hydroxyl groups is 1. The van der Waals surface area contributed by atoms with E-state index in [2.05, 4.69) is 10.3 Å². The van der Waals surface area contributed by atoms with Gasteiger partial charge in [-0.25, -0.2) is 13.4 Å². The van der Waals surface area contributed by atoms with Gasteiger partial charge < -0.3 is 24.6 Å². The predicted octanol–water partition coefficient (Wildman–Crippen LogP) is 4.21. The van der Waals surface area contributed by atoms with Crippen LogP contribution in [0.5, 0.6) is 5.75 Å². The lowest BCUT2D eigenvalue weighted by Gasteiger charge is -2.39. The highest BCUT2D eigenvalue weighted by Gasteiger charge is 2.35. The number of anilines is 1. The van der Waals surface area contributed by atoms with Gasteiger partial charge in [-0.15, -0.1) is 0 Å². The summed E-state index contributed by atoms with van der Waals surface area (Å²) in [7, 11) is -3.01. The molecular formula is C31H43N5O5S. The smallest absolute Gasteiger partial charge is 0.225 e. The van der Waals surface area contributed by atoms with Gasteiger partial charge in [-0.2, -0.15) is 4.98 Å². The van der Waals surface area contributed by atoms with Crippen molar-refractivity contribution in [2.75, 3.05) is 37.0 Å². The lowest BCUT2D eigenvalue weighted by molar-refractivity contribution is -0.139. The lowest BCUT2D eigenvalue weighted by Crippen LogP contribution is -2.46. The molecule has 0 unspecified atom stereocenters. The van der Waals surface area contributed by atoms with Crippen LogP contribution in [0.25, 0.3) is 16.7 Å². The molecule has 0 atom stereocenters. The van der Waals surface area contributed by atoms with Crippen molar-refractivity contribution in [3.63, 3.8) is 0 Å². The first-order valence-electron chi connectivity index (χ1n) is 15.0. The summed E-state index contributed by atoms with van der Waals surface area (Å²) in [6.07, 6.45) is 10.5. The van der Waals surface area contributed by atoms with Crippen molar-refractivity contribution in [1.82, 2.24) is 19.4 Å². The van der Waals surface area contributed by atoms with Gasteiger partial charge in [0.15, 0.2) is 0 Å². The second-order valence-corrected chi connectivity index (χ2v) is 14.7. The van der Waals surface area contributed by atoms with Crippen molar-refractivity contribution in [1.29, 1.82) is 0 Å². The van der Waals surface area contributed by atoms with Gasteiger partial charge in [0, 0.05) is 49.1 Å². The predicted molar refractivity (Wildman–Crippen MR) is 164 cm³/mol. The van der Waals surface area contributed by atoms with Crippen molar-refractivity contribution in [2.45, 2.75) is 70.4 Å². The molecule has 11 heteroatoms. The quantitative estimate of drug-likeness (QED) is 0.333. The number of sulfone groups is 1. The van der Waals surface area contributed by atoms with Crippen LogP contribution in [0.1, 0.15) is 58.8 Å². The maximum absolute atomic E-state index is 13.2. The first kappa shape index (κ1) is 30.3. The molecule has 1 amide bonds. The Kier molecular flexibility index (Phi) is 9.08. The minimum absolute atomic E-state index is 0.0583. The second-order valence-electron chi connectivity index (χ2n) is 12.4. The van der Waals surface area contributed by atoms with Crippen molar-refractivity contribution >= 4 is 32.6 Å². The number of aromatic nitrogens is 3. The number of nitrogens with zero attached hydrogens (tertiary/aromatic N) is 4. The fraction of sp³-hybridized carbons (Fsp3) is 0.581. The monoisotopic (exact) mass is 597 g/mol.